The van der Waals surface area contributed by atoms with Gasteiger partial charge in [0.25, 0.3) is 5.91 Å². The summed E-state index contributed by atoms with van der Waals surface area (Å²) in [5, 5.41) is 3.29. The predicted octanol–water partition coefficient (Wildman–Crippen LogP) is 4.76. The third-order valence-corrected chi connectivity index (χ3v) is 5.41. The Morgan fingerprint density at radius 1 is 1.00 bits per heavy atom. The minimum absolute atomic E-state index is 0.0502. The molecule has 2 amide bonds. The molecule has 7 heteroatoms. The van der Waals surface area contributed by atoms with E-state index in [9.17, 15) is 9.59 Å². The van der Waals surface area contributed by atoms with E-state index in [0.29, 0.717) is 41.3 Å². The topological polar surface area (TPSA) is 67.2 Å². The first-order valence-corrected chi connectivity index (χ1v) is 11.4. The van der Waals surface area contributed by atoms with Gasteiger partial charge in [-0.25, -0.2) is 4.98 Å². The van der Waals surface area contributed by atoms with Crippen LogP contribution in [0.2, 0.25) is 5.02 Å². The van der Waals surface area contributed by atoms with E-state index >= 15 is 0 Å². The zero-order valence-electron chi connectivity index (χ0n) is 19.1. The van der Waals surface area contributed by atoms with Crippen LogP contribution in [0, 0.1) is 11.8 Å². The van der Waals surface area contributed by atoms with Crippen molar-refractivity contribution < 1.29 is 9.59 Å². The molecule has 3 rings (SSSR count). The van der Waals surface area contributed by atoms with E-state index in [1.54, 1.807) is 24.3 Å². The second kappa shape index (κ2) is 10.6. The van der Waals surface area contributed by atoms with E-state index in [4.69, 9.17) is 11.6 Å². The monoisotopic (exact) mass is 454 g/mol. The van der Waals surface area contributed by atoms with Crippen LogP contribution in [0.4, 0.5) is 0 Å². The van der Waals surface area contributed by atoms with Crippen molar-refractivity contribution in [3.8, 4) is 0 Å². The molecule has 1 N–H and O–H groups in total. The summed E-state index contributed by atoms with van der Waals surface area (Å²) in [6.07, 6.45) is 0. The molecular formula is C25H31ClN4O2. The number of rotatable bonds is 9. The third-order valence-electron chi connectivity index (χ3n) is 5.08. The number of carbonyl (C=O) groups excluding carboxylic acids is 2. The molecule has 0 saturated heterocycles. The number of hydrogen-bond donors (Lipinski definition) is 1. The highest BCUT2D eigenvalue weighted by Crippen LogP contribution is 2.18. The van der Waals surface area contributed by atoms with E-state index in [2.05, 4.69) is 38.0 Å². The van der Waals surface area contributed by atoms with Crippen molar-refractivity contribution >= 4 is 34.4 Å². The normalized spacial score (nSPS) is 11.3. The molecule has 0 aliphatic heterocycles. The number of aromatic nitrogens is 2. The molecule has 32 heavy (non-hydrogen) atoms. The van der Waals surface area contributed by atoms with Crippen molar-refractivity contribution in [1.82, 2.24) is 19.8 Å². The average Bonchev–Trinajstić information content (AvgIpc) is 3.08. The van der Waals surface area contributed by atoms with Crippen molar-refractivity contribution in [2.75, 3.05) is 13.1 Å². The van der Waals surface area contributed by atoms with Gasteiger partial charge in [0, 0.05) is 13.1 Å². The Bertz CT molecular complexity index is 1080. The minimum atomic E-state index is -0.276. The van der Waals surface area contributed by atoms with Crippen LogP contribution < -0.4 is 5.32 Å². The van der Waals surface area contributed by atoms with Gasteiger partial charge in [-0.3, -0.25) is 9.59 Å². The Morgan fingerprint density at radius 3 is 2.28 bits per heavy atom. The van der Waals surface area contributed by atoms with Gasteiger partial charge in [0.1, 0.15) is 12.4 Å². The van der Waals surface area contributed by atoms with Crippen molar-refractivity contribution in [2.24, 2.45) is 11.8 Å². The smallest absolute Gasteiger partial charge is 0.253 e. The maximum absolute atomic E-state index is 13.3. The molecule has 1 heterocycles. The molecule has 2 aromatic carbocycles. The Labute approximate surface area is 194 Å². The summed E-state index contributed by atoms with van der Waals surface area (Å²) >= 11 is 6.15. The molecule has 0 saturated carbocycles. The zero-order chi connectivity index (χ0) is 23.3. The predicted molar refractivity (Wildman–Crippen MR) is 129 cm³/mol. The Morgan fingerprint density at radius 2 is 1.62 bits per heavy atom. The van der Waals surface area contributed by atoms with E-state index < -0.39 is 0 Å². The van der Waals surface area contributed by atoms with Gasteiger partial charge in [0.15, 0.2) is 0 Å². The molecule has 0 radical (unpaired) electrons. The second-order valence-electron chi connectivity index (χ2n) is 8.85. The van der Waals surface area contributed by atoms with Gasteiger partial charge >= 0.3 is 0 Å². The minimum Gasteiger partial charge on any atom is -0.345 e. The number of hydrogen-bond acceptors (Lipinski definition) is 3. The standard InChI is InChI=1S/C25H31ClN4O2/c1-17(2)14-29(15-18(3)4)24(31)16-30-22-12-8-7-11-21(22)28-23(30)13-27-25(32)19-9-5-6-10-20(19)26/h5-12,17-18H,13-16H2,1-4H3,(H,27,32). The number of amides is 2. The molecule has 6 nitrogen and oxygen atoms in total. The molecular weight excluding hydrogens is 424 g/mol. The molecule has 0 aliphatic carbocycles. The number of imidazole rings is 1. The summed E-state index contributed by atoms with van der Waals surface area (Å²) in [5.41, 5.74) is 2.08. The van der Waals surface area contributed by atoms with Crippen LogP contribution >= 0.6 is 11.6 Å². The van der Waals surface area contributed by atoms with E-state index in [0.717, 1.165) is 11.0 Å². The van der Waals surface area contributed by atoms with Gasteiger partial charge in [-0.2, -0.15) is 0 Å². The van der Waals surface area contributed by atoms with Gasteiger partial charge in [0.05, 0.1) is 28.2 Å². The summed E-state index contributed by atoms with van der Waals surface area (Å²) in [5.74, 6) is 1.17. The van der Waals surface area contributed by atoms with Crippen LogP contribution in [0.25, 0.3) is 11.0 Å². The second-order valence-corrected chi connectivity index (χ2v) is 9.26. The molecule has 0 unspecified atom stereocenters. The van der Waals surface area contributed by atoms with Crippen LogP contribution in [-0.2, 0) is 17.9 Å². The van der Waals surface area contributed by atoms with Gasteiger partial charge < -0.3 is 14.8 Å². The number of halogens is 1. The number of para-hydroxylation sites is 2. The number of fused-ring (bicyclic) bond motifs is 1. The van der Waals surface area contributed by atoms with Crippen molar-refractivity contribution in [3.63, 3.8) is 0 Å². The maximum atomic E-state index is 13.3. The number of benzene rings is 2. The molecule has 3 aromatic rings. The molecule has 1 aromatic heterocycles. The first-order valence-electron chi connectivity index (χ1n) is 11.0. The molecule has 0 fully saturated rings. The van der Waals surface area contributed by atoms with Crippen molar-refractivity contribution in [2.45, 2.75) is 40.8 Å². The lowest BCUT2D eigenvalue weighted by Gasteiger charge is -2.27. The largest absolute Gasteiger partial charge is 0.345 e. The van der Waals surface area contributed by atoms with E-state index in [-0.39, 0.29) is 24.9 Å². The number of nitrogens with one attached hydrogen (secondary N) is 1. The lowest BCUT2D eigenvalue weighted by Crippen LogP contribution is -2.39. The lowest BCUT2D eigenvalue weighted by molar-refractivity contribution is -0.132. The van der Waals surface area contributed by atoms with Crippen molar-refractivity contribution in [3.05, 3.63) is 64.9 Å². The first kappa shape index (κ1) is 23.8. The van der Waals surface area contributed by atoms with Crippen LogP contribution in [-0.4, -0.2) is 39.4 Å². The molecule has 170 valence electrons. The fourth-order valence-electron chi connectivity index (χ4n) is 3.73. The summed E-state index contributed by atoms with van der Waals surface area (Å²) in [6, 6.07) is 14.6. The molecule has 0 aliphatic rings. The van der Waals surface area contributed by atoms with Crippen LogP contribution in [0.15, 0.2) is 48.5 Å². The van der Waals surface area contributed by atoms with E-state index in [1.807, 2.05) is 33.7 Å². The number of carbonyl (C=O) groups is 2. The SMILES string of the molecule is CC(C)CN(CC(C)C)C(=O)Cn1c(CNC(=O)c2ccccc2Cl)nc2ccccc21. The highest BCUT2D eigenvalue weighted by Gasteiger charge is 2.20. The summed E-state index contributed by atoms with van der Waals surface area (Å²) in [4.78, 5) is 32.5. The van der Waals surface area contributed by atoms with Crippen LogP contribution in [0.1, 0.15) is 43.9 Å². The number of nitrogens with zero attached hydrogens (tertiary/aromatic N) is 3. The highest BCUT2D eigenvalue weighted by molar-refractivity contribution is 6.33. The third kappa shape index (κ3) is 5.88. The average molecular weight is 455 g/mol. The highest BCUT2D eigenvalue weighted by atomic mass is 35.5. The van der Waals surface area contributed by atoms with Crippen LogP contribution in [0.5, 0.6) is 0 Å². The molecule has 0 atom stereocenters. The van der Waals surface area contributed by atoms with Crippen molar-refractivity contribution in [1.29, 1.82) is 0 Å². The Hall–Kier alpha value is -2.86. The Kier molecular flexibility index (Phi) is 7.91. The Balaban J connectivity index is 1.84. The fourth-order valence-corrected chi connectivity index (χ4v) is 3.95. The fraction of sp³-hybridized carbons (Fsp3) is 0.400. The molecule has 0 spiro atoms. The molecule has 0 bridgehead atoms. The van der Waals surface area contributed by atoms with Crippen LogP contribution in [0.3, 0.4) is 0 Å². The first-order chi connectivity index (χ1) is 15.3. The summed E-state index contributed by atoms with van der Waals surface area (Å²) in [7, 11) is 0. The lowest BCUT2D eigenvalue weighted by atomic mass is 10.1. The maximum Gasteiger partial charge on any atom is 0.253 e. The van der Waals surface area contributed by atoms with Gasteiger partial charge in [-0.05, 0) is 36.1 Å². The summed E-state index contributed by atoms with van der Waals surface area (Å²) < 4.78 is 1.90. The van der Waals surface area contributed by atoms with Gasteiger partial charge in [-0.1, -0.05) is 63.6 Å². The summed E-state index contributed by atoms with van der Waals surface area (Å²) in [6.45, 7) is 10.2. The van der Waals surface area contributed by atoms with Gasteiger partial charge in [-0.15, -0.1) is 0 Å². The quantitative estimate of drug-likeness (QED) is 0.506. The van der Waals surface area contributed by atoms with E-state index in [1.165, 1.54) is 0 Å². The van der Waals surface area contributed by atoms with Gasteiger partial charge in [0.2, 0.25) is 5.91 Å². The zero-order valence-corrected chi connectivity index (χ0v) is 19.9.